The minimum absolute atomic E-state index is 0.230. The molecule has 0 radical (unpaired) electrons. The number of benzene rings is 2. The predicted molar refractivity (Wildman–Crippen MR) is 113 cm³/mol. The fraction of sp³-hybridized carbons (Fsp3) is 0.190. The van der Waals surface area contributed by atoms with Gasteiger partial charge in [-0.05, 0) is 42.8 Å². The smallest absolute Gasteiger partial charge is 0.406 e. The Morgan fingerprint density at radius 2 is 1.82 bits per heavy atom. The third-order valence-electron chi connectivity index (χ3n) is 4.76. The number of rotatable bonds is 4. The van der Waals surface area contributed by atoms with Gasteiger partial charge in [-0.1, -0.05) is 23.7 Å². The van der Waals surface area contributed by atoms with Gasteiger partial charge in [0.05, 0.1) is 23.0 Å². The number of nitrogens with one attached hydrogen (secondary N) is 1. The summed E-state index contributed by atoms with van der Waals surface area (Å²) in [6, 6.07) is 9.48. The van der Waals surface area contributed by atoms with E-state index in [1.807, 2.05) is 0 Å². The van der Waals surface area contributed by atoms with Crippen molar-refractivity contribution in [1.29, 1.82) is 0 Å². The SMILES string of the molecule is O=C(Nc1ccc(OC(F)(F)F)cc1)N1CCC(n2cc(Cl)cn2)C(c2ccc(F)cc2)=N1. The van der Waals surface area contributed by atoms with E-state index in [4.69, 9.17) is 11.6 Å². The second-order valence-electron chi connectivity index (χ2n) is 7.06. The minimum Gasteiger partial charge on any atom is -0.406 e. The van der Waals surface area contributed by atoms with Crippen molar-refractivity contribution in [3.8, 4) is 5.75 Å². The highest BCUT2D eigenvalue weighted by molar-refractivity contribution is 6.30. The van der Waals surface area contributed by atoms with Crippen molar-refractivity contribution in [2.45, 2.75) is 18.8 Å². The van der Waals surface area contributed by atoms with E-state index in [9.17, 15) is 22.4 Å². The Morgan fingerprint density at radius 3 is 2.42 bits per heavy atom. The Kier molecular flexibility index (Phi) is 6.23. The average Bonchev–Trinajstić information content (AvgIpc) is 3.20. The molecule has 1 unspecified atom stereocenters. The van der Waals surface area contributed by atoms with Crippen LogP contribution < -0.4 is 10.1 Å². The van der Waals surface area contributed by atoms with Gasteiger partial charge >= 0.3 is 12.4 Å². The molecule has 1 atom stereocenters. The van der Waals surface area contributed by atoms with E-state index in [0.717, 1.165) is 12.1 Å². The van der Waals surface area contributed by atoms with Crippen molar-refractivity contribution in [2.24, 2.45) is 5.10 Å². The van der Waals surface area contributed by atoms with Crippen LogP contribution in [0.5, 0.6) is 5.75 Å². The van der Waals surface area contributed by atoms with Crippen LogP contribution in [-0.2, 0) is 0 Å². The molecule has 1 aromatic heterocycles. The number of alkyl halides is 3. The molecular formula is C21H16ClF4N5O2. The number of hydrogen-bond donors (Lipinski definition) is 1. The first kappa shape index (κ1) is 22.6. The number of anilines is 1. The average molecular weight is 482 g/mol. The molecule has 3 aromatic rings. The fourth-order valence-corrected chi connectivity index (χ4v) is 3.46. The summed E-state index contributed by atoms with van der Waals surface area (Å²) in [5.41, 5.74) is 1.33. The number of carbonyl (C=O) groups is 1. The van der Waals surface area contributed by atoms with Gasteiger partial charge in [0.1, 0.15) is 11.6 Å². The first-order valence-corrected chi connectivity index (χ1v) is 10.0. The lowest BCUT2D eigenvalue weighted by Gasteiger charge is -2.30. The highest BCUT2D eigenvalue weighted by atomic mass is 35.5. The third-order valence-corrected chi connectivity index (χ3v) is 4.96. The van der Waals surface area contributed by atoms with E-state index < -0.39 is 24.0 Å². The van der Waals surface area contributed by atoms with Crippen LogP contribution in [0, 0.1) is 5.82 Å². The molecule has 0 fully saturated rings. The molecule has 1 aliphatic rings. The van der Waals surface area contributed by atoms with Gasteiger partial charge in [0.25, 0.3) is 0 Å². The maximum Gasteiger partial charge on any atom is 0.573 e. The number of hydrazone groups is 1. The molecule has 33 heavy (non-hydrogen) atoms. The van der Waals surface area contributed by atoms with Crippen LogP contribution in [-0.4, -0.2) is 39.4 Å². The van der Waals surface area contributed by atoms with Gasteiger partial charge < -0.3 is 10.1 Å². The lowest BCUT2D eigenvalue weighted by atomic mass is 9.99. The predicted octanol–water partition coefficient (Wildman–Crippen LogP) is 5.46. The molecule has 7 nitrogen and oxygen atoms in total. The number of ether oxygens (including phenoxy) is 1. The zero-order valence-electron chi connectivity index (χ0n) is 16.8. The monoisotopic (exact) mass is 481 g/mol. The standard InChI is InChI=1S/C21H16ClF4N5O2/c22-14-11-27-31(12-14)18-9-10-30(29-19(18)13-1-3-15(23)4-2-13)20(32)28-16-5-7-17(8-6-16)33-21(24,25)26/h1-8,11-12,18H,9-10H2,(H,28,32). The van der Waals surface area contributed by atoms with Gasteiger partial charge in [0.15, 0.2) is 0 Å². The molecule has 0 spiro atoms. The summed E-state index contributed by atoms with van der Waals surface area (Å²) < 4.78 is 55.8. The zero-order valence-corrected chi connectivity index (χ0v) is 17.5. The van der Waals surface area contributed by atoms with Gasteiger partial charge in [-0.25, -0.2) is 14.2 Å². The number of aromatic nitrogens is 2. The number of carbonyl (C=O) groups excluding carboxylic acids is 1. The molecule has 2 amide bonds. The number of nitrogens with zero attached hydrogens (tertiary/aromatic N) is 4. The lowest BCUT2D eigenvalue weighted by Crippen LogP contribution is -2.39. The number of amides is 2. The van der Waals surface area contributed by atoms with Crippen molar-refractivity contribution in [3.05, 3.63) is 77.3 Å². The Bertz CT molecular complexity index is 1160. The summed E-state index contributed by atoms with van der Waals surface area (Å²) >= 11 is 5.99. The topological polar surface area (TPSA) is 71.8 Å². The quantitative estimate of drug-likeness (QED) is 0.503. The van der Waals surface area contributed by atoms with E-state index in [-0.39, 0.29) is 18.3 Å². The summed E-state index contributed by atoms with van der Waals surface area (Å²) in [4.78, 5) is 12.8. The molecule has 1 N–H and O–H groups in total. The van der Waals surface area contributed by atoms with E-state index in [0.29, 0.717) is 22.7 Å². The number of hydrogen-bond acceptors (Lipinski definition) is 4. The highest BCUT2D eigenvalue weighted by Gasteiger charge is 2.31. The molecule has 1 aliphatic heterocycles. The van der Waals surface area contributed by atoms with Gasteiger partial charge in [-0.3, -0.25) is 4.68 Å². The van der Waals surface area contributed by atoms with Gasteiger partial charge in [-0.2, -0.15) is 10.2 Å². The van der Waals surface area contributed by atoms with Gasteiger partial charge in [-0.15, -0.1) is 13.2 Å². The molecule has 172 valence electrons. The zero-order chi connectivity index (χ0) is 23.6. The summed E-state index contributed by atoms with van der Waals surface area (Å²) in [6.45, 7) is 0.230. The highest BCUT2D eigenvalue weighted by Crippen LogP contribution is 2.27. The van der Waals surface area contributed by atoms with Crippen LogP contribution in [0.1, 0.15) is 18.0 Å². The molecule has 4 rings (SSSR count). The van der Waals surface area contributed by atoms with E-state index in [2.05, 4.69) is 20.3 Å². The van der Waals surface area contributed by atoms with Crippen molar-refractivity contribution in [2.75, 3.05) is 11.9 Å². The molecule has 0 aliphatic carbocycles. The van der Waals surface area contributed by atoms with Crippen LogP contribution in [0.3, 0.4) is 0 Å². The Balaban J connectivity index is 1.55. The van der Waals surface area contributed by atoms with Crippen LogP contribution in [0.2, 0.25) is 5.02 Å². The maximum atomic E-state index is 13.4. The Morgan fingerprint density at radius 1 is 1.12 bits per heavy atom. The van der Waals surface area contributed by atoms with Crippen molar-refractivity contribution in [1.82, 2.24) is 14.8 Å². The largest absolute Gasteiger partial charge is 0.573 e. The van der Waals surface area contributed by atoms with Crippen LogP contribution in [0.4, 0.5) is 28.0 Å². The maximum absolute atomic E-state index is 13.4. The van der Waals surface area contributed by atoms with E-state index in [1.165, 1.54) is 35.5 Å². The molecule has 0 saturated heterocycles. The van der Waals surface area contributed by atoms with Crippen molar-refractivity contribution >= 4 is 29.0 Å². The summed E-state index contributed by atoms with van der Waals surface area (Å²) in [6.07, 6.45) is -1.25. The lowest BCUT2D eigenvalue weighted by molar-refractivity contribution is -0.274. The fourth-order valence-electron chi connectivity index (χ4n) is 3.32. The molecule has 0 bridgehead atoms. The molecular weight excluding hydrogens is 466 g/mol. The molecule has 2 aromatic carbocycles. The van der Waals surface area contributed by atoms with Gasteiger partial charge in [0, 0.05) is 24.0 Å². The summed E-state index contributed by atoms with van der Waals surface area (Å²) in [5.74, 6) is -0.822. The van der Waals surface area contributed by atoms with Crippen LogP contribution in [0.25, 0.3) is 0 Å². The first-order valence-electron chi connectivity index (χ1n) is 9.66. The van der Waals surface area contributed by atoms with E-state index >= 15 is 0 Å². The van der Waals surface area contributed by atoms with Crippen molar-refractivity contribution < 1.29 is 27.1 Å². The summed E-state index contributed by atoms with van der Waals surface area (Å²) in [5, 5.41) is 12.9. The number of urea groups is 1. The van der Waals surface area contributed by atoms with Gasteiger partial charge in [0.2, 0.25) is 0 Å². The second-order valence-corrected chi connectivity index (χ2v) is 7.50. The molecule has 2 heterocycles. The van der Waals surface area contributed by atoms with Crippen molar-refractivity contribution in [3.63, 3.8) is 0 Å². The Hall–Kier alpha value is -3.60. The molecule has 12 heteroatoms. The minimum atomic E-state index is -4.81. The normalized spacial score (nSPS) is 16.3. The second kappa shape index (κ2) is 9.10. The van der Waals surface area contributed by atoms with E-state index in [1.54, 1.807) is 23.0 Å². The third kappa shape index (κ3) is 5.61. The number of halogens is 5. The van der Waals surface area contributed by atoms with Crippen LogP contribution in [0.15, 0.2) is 66.0 Å². The first-order chi connectivity index (χ1) is 15.7. The Labute approximate surface area is 190 Å². The molecule has 0 saturated carbocycles. The summed E-state index contributed by atoms with van der Waals surface area (Å²) in [7, 11) is 0. The van der Waals surface area contributed by atoms with Crippen LogP contribution >= 0.6 is 11.6 Å².